The van der Waals surface area contributed by atoms with Gasteiger partial charge in [-0.2, -0.15) is 0 Å². The van der Waals surface area contributed by atoms with Crippen LogP contribution < -0.4 is 0 Å². The van der Waals surface area contributed by atoms with Crippen molar-refractivity contribution >= 4 is 55.7 Å². The molecule has 46 valence electrons. The Bertz CT molecular complexity index is 112. The van der Waals surface area contributed by atoms with Crippen LogP contribution in [0.25, 0.3) is 0 Å². The minimum atomic E-state index is -1.34. The van der Waals surface area contributed by atoms with Crippen molar-refractivity contribution in [1.29, 1.82) is 0 Å². The maximum atomic E-state index is 5.27. The second-order valence-electron chi connectivity index (χ2n) is 1.57. The Hall–Kier alpha value is 2.03. The van der Waals surface area contributed by atoms with Gasteiger partial charge in [0, 0.05) is 0 Å². The van der Waals surface area contributed by atoms with Crippen molar-refractivity contribution in [2.24, 2.45) is 0 Å². The predicted octanol–water partition coefficient (Wildman–Crippen LogP) is 2.49. The van der Waals surface area contributed by atoms with E-state index in [1.54, 1.807) is 0 Å². The Labute approximate surface area is 73.5 Å². The summed E-state index contributed by atoms with van der Waals surface area (Å²) in [4.78, 5) is 0. The normalized spacial score (nSPS) is 18.0. The van der Waals surface area contributed by atoms with Crippen LogP contribution in [-0.2, 0) is 13.3 Å². The molecular weight excluding hydrogens is 354 g/mol. The van der Waals surface area contributed by atoms with Crippen LogP contribution in [-0.4, -0.2) is 12.0 Å². The van der Waals surface area contributed by atoms with Crippen molar-refractivity contribution in [3.8, 4) is 0 Å². The zero-order valence-corrected chi connectivity index (χ0v) is 10.2. The number of rotatable bonds is 1. The van der Waals surface area contributed by atoms with Crippen LogP contribution >= 0.6 is 42.4 Å². The molecule has 0 N–H and O–H groups in total. The molecule has 0 aliphatic rings. The molecular formula is C3H8I2S2. The first-order chi connectivity index (χ1) is 2.81. The SMILES string of the molecule is CCS(C)(=S)(I)I. The number of halogens is 2. The van der Waals surface area contributed by atoms with E-state index in [1.165, 1.54) is 0 Å². The standard InChI is InChI=1S/C3H8I2S2/c1-3-7(2,4,5)6/h3H2,1-2H3. The highest BCUT2D eigenvalue weighted by molar-refractivity contribution is 14.3. The molecule has 0 nitrogen and oxygen atoms in total. The monoisotopic (exact) mass is 362 g/mol. The Morgan fingerprint density at radius 3 is 1.71 bits per heavy atom. The molecule has 0 saturated carbocycles. The van der Waals surface area contributed by atoms with Crippen LogP contribution in [0.1, 0.15) is 6.92 Å². The van der Waals surface area contributed by atoms with Crippen molar-refractivity contribution in [1.82, 2.24) is 0 Å². The molecule has 0 atom stereocenters. The van der Waals surface area contributed by atoms with E-state index in [-0.39, 0.29) is 0 Å². The molecule has 0 aromatic rings. The number of hydrogen-bond donors (Lipinski definition) is 0. The fourth-order valence-electron chi connectivity index (χ4n) is 0. The van der Waals surface area contributed by atoms with Gasteiger partial charge in [0.2, 0.25) is 0 Å². The predicted molar refractivity (Wildman–Crippen MR) is 59.2 cm³/mol. The van der Waals surface area contributed by atoms with Gasteiger partial charge < -0.3 is 0 Å². The Morgan fingerprint density at radius 1 is 1.57 bits per heavy atom. The lowest BCUT2D eigenvalue weighted by Gasteiger charge is -2.24. The van der Waals surface area contributed by atoms with Gasteiger partial charge in [-0.1, -0.05) is 18.1 Å². The maximum absolute atomic E-state index is 5.27. The third-order valence-electron chi connectivity index (χ3n) is 0.625. The second kappa shape index (κ2) is 2.34. The molecule has 0 aromatic heterocycles. The van der Waals surface area contributed by atoms with E-state index in [1.807, 2.05) is 0 Å². The van der Waals surface area contributed by atoms with Gasteiger partial charge in [0.25, 0.3) is 0 Å². The Balaban J connectivity index is 4.14. The van der Waals surface area contributed by atoms with E-state index in [9.17, 15) is 0 Å². The quantitative estimate of drug-likeness (QED) is 0.510. The molecule has 0 aliphatic carbocycles. The smallest absolute Gasteiger partial charge is 0.00467 e. The first kappa shape index (κ1) is 9.03. The van der Waals surface area contributed by atoms with Crippen molar-refractivity contribution in [2.45, 2.75) is 6.92 Å². The lowest BCUT2D eigenvalue weighted by molar-refractivity contribution is 1.52. The van der Waals surface area contributed by atoms with E-state index in [2.05, 4.69) is 55.6 Å². The van der Waals surface area contributed by atoms with E-state index >= 15 is 0 Å². The minimum Gasteiger partial charge on any atom is -0.104 e. The van der Waals surface area contributed by atoms with Gasteiger partial charge in [0.05, 0.1) is 0 Å². The van der Waals surface area contributed by atoms with E-state index < -0.39 is 2.06 Å². The fraction of sp³-hybridized carbons (Fsp3) is 1.00. The average Bonchev–Trinajstić information content (AvgIpc) is 1.32. The molecule has 0 saturated heterocycles. The highest BCUT2D eigenvalue weighted by Gasteiger charge is 2.13. The molecule has 0 aliphatic heterocycles. The maximum Gasteiger partial charge on any atom is -0.00467 e. The summed E-state index contributed by atoms with van der Waals surface area (Å²) in [5, 5.41) is 0. The van der Waals surface area contributed by atoms with Gasteiger partial charge in [-0.05, 0) is 54.4 Å². The summed E-state index contributed by atoms with van der Waals surface area (Å²) in [6, 6.07) is 0. The van der Waals surface area contributed by atoms with Gasteiger partial charge in [-0.3, -0.25) is 0 Å². The fourth-order valence-corrected chi connectivity index (χ4v) is 0. The molecule has 0 spiro atoms. The van der Waals surface area contributed by atoms with Crippen LogP contribution in [0.5, 0.6) is 0 Å². The molecule has 0 heterocycles. The Kier molecular flexibility index (Phi) is 3.02. The van der Waals surface area contributed by atoms with Crippen LogP contribution in [0.4, 0.5) is 0 Å². The molecule has 0 aromatic carbocycles. The summed E-state index contributed by atoms with van der Waals surface area (Å²) in [7, 11) is 0. The zero-order chi connectivity index (χ0) is 6.15. The third-order valence-corrected chi connectivity index (χ3v) is 6.32. The molecule has 0 fully saturated rings. The lowest BCUT2D eigenvalue weighted by Crippen LogP contribution is -2.11. The van der Waals surface area contributed by atoms with Gasteiger partial charge in [-0.25, -0.2) is 0 Å². The third kappa shape index (κ3) is 8.03. The van der Waals surface area contributed by atoms with E-state index in [4.69, 9.17) is 11.2 Å². The van der Waals surface area contributed by atoms with E-state index in [0.717, 1.165) is 5.75 Å². The Morgan fingerprint density at radius 2 is 1.71 bits per heavy atom. The van der Waals surface area contributed by atoms with Crippen molar-refractivity contribution < 1.29 is 0 Å². The van der Waals surface area contributed by atoms with Gasteiger partial charge >= 0.3 is 0 Å². The zero-order valence-electron chi connectivity index (χ0n) is 4.28. The number of hydrogen-bond acceptors (Lipinski definition) is 1. The molecule has 0 rings (SSSR count). The summed E-state index contributed by atoms with van der Waals surface area (Å²) >= 11 is 10.0. The largest absolute Gasteiger partial charge is 0.104 e. The molecule has 0 bridgehead atoms. The van der Waals surface area contributed by atoms with Crippen LogP contribution in [0.2, 0.25) is 0 Å². The van der Waals surface area contributed by atoms with Crippen LogP contribution in [0.3, 0.4) is 0 Å². The molecule has 4 heteroatoms. The van der Waals surface area contributed by atoms with Gasteiger partial charge in [0.15, 0.2) is 0 Å². The molecule has 7 heavy (non-hydrogen) atoms. The van der Waals surface area contributed by atoms with Crippen molar-refractivity contribution in [2.75, 3.05) is 12.0 Å². The highest BCUT2D eigenvalue weighted by Crippen LogP contribution is 2.39. The first-order valence-corrected chi connectivity index (χ1v) is 10.5. The van der Waals surface area contributed by atoms with Crippen LogP contribution in [0, 0.1) is 0 Å². The van der Waals surface area contributed by atoms with Crippen molar-refractivity contribution in [3.63, 3.8) is 0 Å². The summed E-state index contributed by atoms with van der Waals surface area (Å²) in [6.45, 7) is 2.15. The highest BCUT2D eigenvalue weighted by atomic mass is 127. The molecule has 0 amide bonds. The van der Waals surface area contributed by atoms with Crippen molar-refractivity contribution in [3.05, 3.63) is 0 Å². The molecule has 0 unspecified atom stereocenters. The summed E-state index contributed by atoms with van der Waals surface area (Å²) in [6.07, 6.45) is 2.16. The van der Waals surface area contributed by atoms with E-state index in [0.29, 0.717) is 0 Å². The topological polar surface area (TPSA) is 0 Å². The van der Waals surface area contributed by atoms with Crippen LogP contribution in [0.15, 0.2) is 0 Å². The summed E-state index contributed by atoms with van der Waals surface area (Å²) < 4.78 is -1.34. The van der Waals surface area contributed by atoms with Gasteiger partial charge in [0.1, 0.15) is 0 Å². The van der Waals surface area contributed by atoms with Gasteiger partial charge in [-0.15, -0.1) is 2.06 Å². The minimum absolute atomic E-state index is 1.13. The first-order valence-electron chi connectivity index (χ1n) is 1.88. The summed E-state index contributed by atoms with van der Waals surface area (Å²) in [5.41, 5.74) is 0. The second-order valence-corrected chi connectivity index (χ2v) is 30.4. The average molecular weight is 362 g/mol. The molecule has 0 radical (unpaired) electrons. The summed E-state index contributed by atoms with van der Waals surface area (Å²) in [5.74, 6) is 1.13. The lowest BCUT2D eigenvalue weighted by atomic mass is 11.0.